The van der Waals surface area contributed by atoms with Crippen LogP contribution in [0.1, 0.15) is 31.2 Å². The third kappa shape index (κ3) is 5.52. The number of nitro benzene ring substituents is 1. The van der Waals surface area contributed by atoms with Gasteiger partial charge in [-0.25, -0.2) is 4.99 Å². The SMILES string of the molecule is COc1ccc([N+](=O)[O-])cc1CN=C(N)N1CCCCCC1.I. The summed E-state index contributed by atoms with van der Waals surface area (Å²) in [5.74, 6) is 1.08. The van der Waals surface area contributed by atoms with Gasteiger partial charge in [0.2, 0.25) is 0 Å². The van der Waals surface area contributed by atoms with Gasteiger partial charge in [-0.05, 0) is 18.9 Å². The van der Waals surface area contributed by atoms with Crippen LogP contribution in [-0.2, 0) is 6.54 Å². The van der Waals surface area contributed by atoms with Gasteiger partial charge in [0.1, 0.15) is 5.75 Å². The Morgan fingerprint density at radius 2 is 2.00 bits per heavy atom. The van der Waals surface area contributed by atoms with Crippen molar-refractivity contribution in [3.63, 3.8) is 0 Å². The summed E-state index contributed by atoms with van der Waals surface area (Å²) in [6.45, 7) is 2.11. The fraction of sp³-hybridized carbons (Fsp3) is 0.533. The van der Waals surface area contributed by atoms with Crippen LogP contribution in [0.15, 0.2) is 23.2 Å². The molecule has 0 radical (unpaired) electrons. The lowest BCUT2D eigenvalue weighted by molar-refractivity contribution is -0.384. The number of aliphatic imine (C=N–C) groups is 1. The number of ether oxygens (including phenoxy) is 1. The number of benzene rings is 1. The maximum Gasteiger partial charge on any atom is 0.270 e. The zero-order valence-electron chi connectivity index (χ0n) is 13.2. The number of nitrogens with zero attached hydrogens (tertiary/aromatic N) is 3. The first-order valence-electron chi connectivity index (χ1n) is 7.48. The minimum Gasteiger partial charge on any atom is -0.496 e. The van der Waals surface area contributed by atoms with E-state index in [1.807, 2.05) is 0 Å². The van der Waals surface area contributed by atoms with Crippen molar-refractivity contribution in [2.24, 2.45) is 10.7 Å². The molecule has 128 valence electrons. The number of guanidine groups is 1. The molecule has 1 aromatic carbocycles. The summed E-state index contributed by atoms with van der Waals surface area (Å²) in [6, 6.07) is 4.49. The molecule has 2 N–H and O–H groups in total. The van der Waals surface area contributed by atoms with Crippen molar-refractivity contribution in [1.29, 1.82) is 0 Å². The lowest BCUT2D eigenvalue weighted by Gasteiger charge is -2.21. The summed E-state index contributed by atoms with van der Waals surface area (Å²) < 4.78 is 5.23. The largest absolute Gasteiger partial charge is 0.496 e. The van der Waals surface area contributed by atoms with Gasteiger partial charge in [0, 0.05) is 30.8 Å². The maximum atomic E-state index is 10.9. The van der Waals surface area contributed by atoms with Crippen LogP contribution in [0, 0.1) is 10.1 Å². The van der Waals surface area contributed by atoms with Crippen molar-refractivity contribution >= 4 is 35.6 Å². The summed E-state index contributed by atoms with van der Waals surface area (Å²) in [4.78, 5) is 16.9. The number of nitrogens with two attached hydrogens (primary N) is 1. The number of rotatable bonds is 4. The second-order valence-corrected chi connectivity index (χ2v) is 5.33. The molecule has 1 heterocycles. The number of halogens is 1. The highest BCUT2D eigenvalue weighted by Crippen LogP contribution is 2.24. The number of non-ortho nitro benzene ring substituents is 1. The molecule has 0 amide bonds. The molecule has 1 saturated heterocycles. The van der Waals surface area contributed by atoms with E-state index in [-0.39, 0.29) is 36.2 Å². The molecule has 1 aliphatic heterocycles. The predicted molar refractivity (Wildman–Crippen MR) is 100 cm³/mol. The molecular formula is C15H23IN4O3. The molecule has 0 atom stereocenters. The summed E-state index contributed by atoms with van der Waals surface area (Å²) >= 11 is 0. The third-order valence-corrected chi connectivity index (χ3v) is 3.82. The van der Waals surface area contributed by atoms with Gasteiger partial charge >= 0.3 is 0 Å². The summed E-state index contributed by atoms with van der Waals surface area (Å²) in [5.41, 5.74) is 6.75. The zero-order chi connectivity index (χ0) is 15.9. The van der Waals surface area contributed by atoms with E-state index in [2.05, 4.69) is 9.89 Å². The third-order valence-electron chi connectivity index (χ3n) is 3.82. The number of hydrogen-bond acceptors (Lipinski definition) is 4. The number of nitro groups is 1. The molecule has 2 rings (SSSR count). The zero-order valence-corrected chi connectivity index (χ0v) is 15.6. The van der Waals surface area contributed by atoms with Crippen LogP contribution in [0.3, 0.4) is 0 Å². The van der Waals surface area contributed by atoms with Gasteiger partial charge < -0.3 is 15.4 Å². The van der Waals surface area contributed by atoms with Crippen LogP contribution in [-0.4, -0.2) is 36.0 Å². The van der Waals surface area contributed by atoms with Gasteiger partial charge in [0.15, 0.2) is 5.96 Å². The van der Waals surface area contributed by atoms with Crippen molar-refractivity contribution in [2.75, 3.05) is 20.2 Å². The smallest absolute Gasteiger partial charge is 0.270 e. The molecule has 1 aliphatic rings. The van der Waals surface area contributed by atoms with E-state index in [1.165, 1.54) is 32.1 Å². The number of likely N-dealkylation sites (tertiary alicyclic amines) is 1. The van der Waals surface area contributed by atoms with Crippen LogP contribution < -0.4 is 10.5 Å². The lowest BCUT2D eigenvalue weighted by atomic mass is 10.2. The first kappa shape index (κ1) is 19.5. The highest BCUT2D eigenvalue weighted by molar-refractivity contribution is 14.0. The van der Waals surface area contributed by atoms with Gasteiger partial charge in [0.05, 0.1) is 18.6 Å². The molecule has 0 aromatic heterocycles. The topological polar surface area (TPSA) is 94.0 Å². The summed E-state index contributed by atoms with van der Waals surface area (Å²) in [6.07, 6.45) is 4.69. The first-order valence-corrected chi connectivity index (χ1v) is 7.48. The van der Waals surface area contributed by atoms with E-state index in [9.17, 15) is 10.1 Å². The van der Waals surface area contributed by atoms with Crippen molar-refractivity contribution in [3.8, 4) is 5.75 Å². The molecular weight excluding hydrogens is 411 g/mol. The Balaban J connectivity index is 0.00000264. The van der Waals surface area contributed by atoms with Crippen LogP contribution in [0.2, 0.25) is 0 Å². The Kier molecular flexibility index (Phi) is 8.07. The van der Waals surface area contributed by atoms with Gasteiger partial charge in [-0.2, -0.15) is 0 Å². The average molecular weight is 434 g/mol. The Bertz CT molecular complexity index is 558. The fourth-order valence-electron chi connectivity index (χ4n) is 2.57. The normalized spacial score (nSPS) is 15.5. The van der Waals surface area contributed by atoms with E-state index < -0.39 is 4.92 Å². The average Bonchev–Trinajstić information content (AvgIpc) is 2.81. The highest BCUT2D eigenvalue weighted by atomic mass is 127. The Hall–Kier alpha value is -1.58. The molecule has 23 heavy (non-hydrogen) atoms. The summed E-state index contributed by atoms with van der Waals surface area (Å²) in [7, 11) is 1.53. The predicted octanol–water partition coefficient (Wildman–Crippen LogP) is 2.91. The van der Waals surface area contributed by atoms with E-state index in [0.717, 1.165) is 25.9 Å². The molecule has 8 heteroatoms. The van der Waals surface area contributed by atoms with E-state index >= 15 is 0 Å². The molecule has 0 spiro atoms. The quantitative estimate of drug-likeness (QED) is 0.259. The minimum absolute atomic E-state index is 0. The van der Waals surface area contributed by atoms with Crippen molar-refractivity contribution < 1.29 is 9.66 Å². The molecule has 0 bridgehead atoms. The molecule has 1 fully saturated rings. The lowest BCUT2D eigenvalue weighted by Crippen LogP contribution is -2.38. The van der Waals surface area contributed by atoms with E-state index in [4.69, 9.17) is 10.5 Å². The monoisotopic (exact) mass is 434 g/mol. The second kappa shape index (κ2) is 9.53. The van der Waals surface area contributed by atoms with Crippen LogP contribution in [0.4, 0.5) is 5.69 Å². The molecule has 1 aromatic rings. The standard InChI is InChI=1S/C15H22N4O3.HI/c1-22-14-7-6-13(19(20)21)10-12(14)11-17-15(16)18-8-4-2-3-5-9-18;/h6-7,10H,2-5,8-9,11H2,1H3,(H2,16,17);1H. The maximum absolute atomic E-state index is 10.9. The summed E-state index contributed by atoms with van der Waals surface area (Å²) in [5, 5.41) is 10.9. The molecule has 7 nitrogen and oxygen atoms in total. The van der Waals surface area contributed by atoms with Crippen molar-refractivity contribution in [2.45, 2.75) is 32.2 Å². The molecule has 0 aliphatic carbocycles. The van der Waals surface area contributed by atoms with Gasteiger partial charge in [-0.1, -0.05) is 12.8 Å². The first-order chi connectivity index (χ1) is 10.6. The number of methoxy groups -OCH3 is 1. The fourth-order valence-corrected chi connectivity index (χ4v) is 2.57. The van der Waals surface area contributed by atoms with Crippen LogP contribution in [0.5, 0.6) is 5.75 Å². The molecule has 0 saturated carbocycles. The second-order valence-electron chi connectivity index (χ2n) is 5.33. The Labute approximate surface area is 153 Å². The van der Waals surface area contributed by atoms with Gasteiger partial charge in [-0.15, -0.1) is 24.0 Å². The Morgan fingerprint density at radius 1 is 1.35 bits per heavy atom. The van der Waals surface area contributed by atoms with E-state index in [0.29, 0.717) is 17.3 Å². The van der Waals surface area contributed by atoms with Crippen molar-refractivity contribution in [3.05, 3.63) is 33.9 Å². The van der Waals surface area contributed by atoms with Gasteiger partial charge in [0.25, 0.3) is 5.69 Å². The van der Waals surface area contributed by atoms with E-state index in [1.54, 1.807) is 6.07 Å². The molecule has 0 unspecified atom stereocenters. The minimum atomic E-state index is -0.426. The Morgan fingerprint density at radius 3 is 2.57 bits per heavy atom. The highest BCUT2D eigenvalue weighted by Gasteiger charge is 2.13. The van der Waals surface area contributed by atoms with Crippen LogP contribution in [0.25, 0.3) is 0 Å². The number of hydrogen-bond donors (Lipinski definition) is 1. The van der Waals surface area contributed by atoms with Crippen LogP contribution >= 0.6 is 24.0 Å². The van der Waals surface area contributed by atoms with Crippen molar-refractivity contribution in [1.82, 2.24) is 4.90 Å². The van der Waals surface area contributed by atoms with Gasteiger partial charge in [-0.3, -0.25) is 10.1 Å².